The molecule has 1 rings (SSSR count). The van der Waals surface area contributed by atoms with E-state index in [4.69, 9.17) is 0 Å². The zero-order valence-corrected chi connectivity index (χ0v) is 7.90. The molecule has 0 saturated carbocycles. The average molecular weight is 166 g/mol. The maximum Gasteiger partial charge on any atom is 0.0754 e. The lowest BCUT2D eigenvalue weighted by Crippen LogP contribution is -2.31. The normalized spacial score (nSPS) is 37.8. The van der Waals surface area contributed by atoms with E-state index >= 15 is 0 Å². The third-order valence-electron chi connectivity index (χ3n) is 2.85. The van der Waals surface area contributed by atoms with Crippen LogP contribution in [-0.2, 0) is 0 Å². The fourth-order valence-electron chi connectivity index (χ4n) is 2.12. The molecule has 0 bridgehead atoms. The second-order valence-corrected chi connectivity index (χ2v) is 3.80. The first-order valence-corrected chi connectivity index (χ1v) is 4.64. The van der Waals surface area contributed by atoms with E-state index in [0.717, 1.165) is 6.42 Å². The van der Waals surface area contributed by atoms with E-state index in [1.165, 1.54) is 0 Å². The van der Waals surface area contributed by atoms with Gasteiger partial charge in [-0.25, -0.2) is 0 Å². The molecular weight excluding hydrogens is 148 g/mol. The second kappa shape index (κ2) is 3.90. The van der Waals surface area contributed by atoms with Gasteiger partial charge in [-0.1, -0.05) is 32.1 Å². The molecule has 0 aromatic heterocycles. The molecule has 0 saturated heterocycles. The van der Waals surface area contributed by atoms with Crippen LogP contribution in [0.25, 0.3) is 0 Å². The molecule has 0 heterocycles. The Labute approximate surface area is 74.8 Å². The summed E-state index contributed by atoms with van der Waals surface area (Å²) in [6.45, 7) is 7.98. The summed E-state index contributed by atoms with van der Waals surface area (Å²) in [6, 6.07) is 0. The van der Waals surface area contributed by atoms with E-state index in [2.05, 4.69) is 32.6 Å². The van der Waals surface area contributed by atoms with Crippen molar-refractivity contribution in [1.82, 2.24) is 0 Å². The Hall–Kier alpha value is -0.560. The van der Waals surface area contributed by atoms with Crippen molar-refractivity contribution < 1.29 is 5.11 Å². The molecule has 1 N–H and O–H groups in total. The minimum absolute atomic E-state index is 0.347. The number of hydrogen-bond donors (Lipinski definition) is 1. The van der Waals surface area contributed by atoms with Gasteiger partial charge in [0.25, 0.3) is 0 Å². The van der Waals surface area contributed by atoms with E-state index in [0.29, 0.717) is 17.8 Å². The van der Waals surface area contributed by atoms with Gasteiger partial charge in [-0.3, -0.25) is 0 Å². The molecule has 12 heavy (non-hydrogen) atoms. The van der Waals surface area contributed by atoms with Crippen molar-refractivity contribution in [2.45, 2.75) is 26.4 Å². The number of aliphatic hydroxyl groups excluding tert-OH is 1. The fraction of sp³-hybridized carbons (Fsp3) is 0.636. The molecule has 0 radical (unpaired) electrons. The predicted octanol–water partition coefficient (Wildman–Crippen LogP) is 2.38. The van der Waals surface area contributed by atoms with E-state index in [1.54, 1.807) is 6.08 Å². The molecule has 0 spiro atoms. The van der Waals surface area contributed by atoms with Crippen molar-refractivity contribution in [2.24, 2.45) is 17.8 Å². The molecule has 0 aromatic carbocycles. The number of allylic oxidation sites excluding steroid dienone is 2. The minimum atomic E-state index is -0.347. The molecule has 0 aromatic rings. The van der Waals surface area contributed by atoms with Crippen LogP contribution in [0.3, 0.4) is 0 Å². The topological polar surface area (TPSA) is 20.2 Å². The van der Waals surface area contributed by atoms with Crippen LogP contribution in [0, 0.1) is 17.8 Å². The Morgan fingerprint density at radius 1 is 1.58 bits per heavy atom. The molecule has 1 nitrogen and oxygen atoms in total. The molecule has 4 atom stereocenters. The Bertz CT molecular complexity index is 183. The second-order valence-electron chi connectivity index (χ2n) is 3.80. The molecule has 1 heteroatoms. The Morgan fingerprint density at radius 2 is 2.25 bits per heavy atom. The smallest absolute Gasteiger partial charge is 0.0754 e. The van der Waals surface area contributed by atoms with Gasteiger partial charge in [0.15, 0.2) is 0 Å². The molecule has 1 aliphatic carbocycles. The summed E-state index contributed by atoms with van der Waals surface area (Å²) >= 11 is 0. The molecule has 1 aliphatic rings. The third-order valence-corrected chi connectivity index (χ3v) is 2.85. The molecule has 4 unspecified atom stereocenters. The molecule has 0 fully saturated rings. The van der Waals surface area contributed by atoms with Gasteiger partial charge in [0.2, 0.25) is 0 Å². The van der Waals surface area contributed by atoms with Crippen LogP contribution in [0.5, 0.6) is 0 Å². The van der Waals surface area contributed by atoms with E-state index in [1.807, 2.05) is 0 Å². The van der Waals surface area contributed by atoms with Crippen molar-refractivity contribution in [3.63, 3.8) is 0 Å². The van der Waals surface area contributed by atoms with E-state index in [9.17, 15) is 5.11 Å². The standard InChI is InChI=1S/C11H18O/c1-4-10(12)11-8(2)6-5-7-9(11)3/h4-6,8-12H,1,7H2,2-3H3. The van der Waals surface area contributed by atoms with Crippen LogP contribution < -0.4 is 0 Å². The van der Waals surface area contributed by atoms with E-state index in [-0.39, 0.29) is 6.10 Å². The fourth-order valence-corrected chi connectivity index (χ4v) is 2.12. The highest BCUT2D eigenvalue weighted by atomic mass is 16.3. The van der Waals surface area contributed by atoms with Gasteiger partial charge in [-0.05, 0) is 24.2 Å². The van der Waals surface area contributed by atoms with Gasteiger partial charge in [0, 0.05) is 0 Å². The molecule has 68 valence electrons. The lowest BCUT2D eigenvalue weighted by molar-refractivity contribution is 0.0883. The number of hydrogen-bond acceptors (Lipinski definition) is 1. The van der Waals surface area contributed by atoms with Crippen LogP contribution in [0.2, 0.25) is 0 Å². The van der Waals surface area contributed by atoms with Crippen molar-refractivity contribution >= 4 is 0 Å². The first-order valence-electron chi connectivity index (χ1n) is 4.64. The van der Waals surface area contributed by atoms with Gasteiger partial charge < -0.3 is 5.11 Å². The summed E-state index contributed by atoms with van der Waals surface area (Å²) in [4.78, 5) is 0. The SMILES string of the molecule is C=CC(O)C1C(C)C=CCC1C. The first kappa shape index (κ1) is 9.53. The zero-order valence-electron chi connectivity index (χ0n) is 7.90. The van der Waals surface area contributed by atoms with Gasteiger partial charge in [-0.2, -0.15) is 0 Å². The maximum absolute atomic E-state index is 9.67. The van der Waals surface area contributed by atoms with Crippen LogP contribution in [0.1, 0.15) is 20.3 Å². The summed E-state index contributed by atoms with van der Waals surface area (Å²) in [7, 11) is 0. The highest BCUT2D eigenvalue weighted by Gasteiger charge is 2.28. The minimum Gasteiger partial charge on any atom is -0.389 e. The average Bonchev–Trinajstić information content (AvgIpc) is 2.03. The quantitative estimate of drug-likeness (QED) is 0.624. The number of rotatable bonds is 2. The van der Waals surface area contributed by atoms with Crippen LogP contribution in [0.4, 0.5) is 0 Å². The summed E-state index contributed by atoms with van der Waals surface area (Å²) < 4.78 is 0. The van der Waals surface area contributed by atoms with Crippen molar-refractivity contribution in [2.75, 3.05) is 0 Å². The summed E-state index contributed by atoms with van der Waals surface area (Å²) in [5, 5.41) is 9.67. The van der Waals surface area contributed by atoms with Gasteiger partial charge >= 0.3 is 0 Å². The summed E-state index contributed by atoms with van der Waals surface area (Å²) in [6.07, 6.45) is 6.79. The third kappa shape index (κ3) is 1.78. The van der Waals surface area contributed by atoms with Gasteiger partial charge in [0.05, 0.1) is 6.10 Å². The molecule has 0 aliphatic heterocycles. The van der Waals surface area contributed by atoms with Gasteiger partial charge in [0.1, 0.15) is 0 Å². The van der Waals surface area contributed by atoms with Crippen LogP contribution in [0.15, 0.2) is 24.8 Å². The molecular formula is C11H18O. The lowest BCUT2D eigenvalue weighted by atomic mass is 9.74. The highest BCUT2D eigenvalue weighted by molar-refractivity contribution is 5.02. The van der Waals surface area contributed by atoms with Crippen LogP contribution >= 0.6 is 0 Å². The van der Waals surface area contributed by atoms with Gasteiger partial charge in [-0.15, -0.1) is 6.58 Å². The monoisotopic (exact) mass is 166 g/mol. The Morgan fingerprint density at radius 3 is 2.75 bits per heavy atom. The van der Waals surface area contributed by atoms with Crippen molar-refractivity contribution in [3.8, 4) is 0 Å². The number of aliphatic hydroxyl groups is 1. The Balaban J connectivity index is 2.71. The summed E-state index contributed by atoms with van der Waals surface area (Å²) in [5.74, 6) is 1.40. The Kier molecular flexibility index (Phi) is 3.10. The van der Waals surface area contributed by atoms with Crippen molar-refractivity contribution in [3.05, 3.63) is 24.8 Å². The largest absolute Gasteiger partial charge is 0.389 e. The zero-order chi connectivity index (χ0) is 9.14. The highest BCUT2D eigenvalue weighted by Crippen LogP contribution is 2.32. The predicted molar refractivity (Wildman–Crippen MR) is 51.8 cm³/mol. The molecule has 0 amide bonds. The van der Waals surface area contributed by atoms with Crippen LogP contribution in [-0.4, -0.2) is 11.2 Å². The summed E-state index contributed by atoms with van der Waals surface area (Å²) in [5.41, 5.74) is 0. The van der Waals surface area contributed by atoms with E-state index < -0.39 is 0 Å². The first-order chi connectivity index (χ1) is 5.66. The maximum atomic E-state index is 9.67. The van der Waals surface area contributed by atoms with Crippen molar-refractivity contribution in [1.29, 1.82) is 0 Å². The lowest BCUT2D eigenvalue weighted by Gasteiger charge is -2.33.